The van der Waals surface area contributed by atoms with E-state index < -0.39 is 7.26 Å². The summed E-state index contributed by atoms with van der Waals surface area (Å²) in [5.74, 6) is 0.988. The standard InChI is InChI=1S/C11H23P/c1-9(2)11-8-12(11,3)10-6-4-5-7-10/h9-12H,4-8H2,1-3H3. The predicted molar refractivity (Wildman–Crippen MR) is 60.0 cm³/mol. The molecule has 2 rings (SSSR count). The molecule has 0 bridgehead atoms. The van der Waals surface area contributed by atoms with Crippen molar-refractivity contribution in [2.24, 2.45) is 5.92 Å². The van der Waals surface area contributed by atoms with E-state index in [4.69, 9.17) is 0 Å². The van der Waals surface area contributed by atoms with Gasteiger partial charge in [-0.25, -0.2) is 0 Å². The molecule has 0 radical (unpaired) electrons. The fourth-order valence-electron chi connectivity index (χ4n) is 3.47. The average molecular weight is 186 g/mol. The molecule has 0 N–H and O–H groups in total. The van der Waals surface area contributed by atoms with Crippen molar-refractivity contribution < 1.29 is 0 Å². The summed E-state index contributed by atoms with van der Waals surface area (Å²) < 4.78 is 0. The zero-order chi connectivity index (χ0) is 8.77. The molecule has 0 aromatic rings. The van der Waals surface area contributed by atoms with Crippen molar-refractivity contribution >= 4 is 7.26 Å². The van der Waals surface area contributed by atoms with Crippen molar-refractivity contribution in [1.82, 2.24) is 0 Å². The Morgan fingerprint density at radius 1 is 1.17 bits per heavy atom. The monoisotopic (exact) mass is 186 g/mol. The molecule has 0 aromatic carbocycles. The molecule has 1 saturated heterocycles. The van der Waals surface area contributed by atoms with Crippen LogP contribution in [0.15, 0.2) is 0 Å². The van der Waals surface area contributed by atoms with Crippen molar-refractivity contribution in [3.63, 3.8) is 0 Å². The summed E-state index contributed by atoms with van der Waals surface area (Å²) in [5, 5.41) is 0. The molecule has 0 aromatic heterocycles. The van der Waals surface area contributed by atoms with Gasteiger partial charge in [-0.15, -0.1) is 0 Å². The maximum atomic E-state index is 2.67. The Bertz CT molecular complexity index is 170. The second-order valence-electron chi connectivity index (χ2n) is 5.54. The Morgan fingerprint density at radius 2 is 1.75 bits per heavy atom. The van der Waals surface area contributed by atoms with E-state index >= 15 is 0 Å². The zero-order valence-electron chi connectivity index (χ0n) is 8.77. The van der Waals surface area contributed by atoms with Crippen LogP contribution < -0.4 is 0 Å². The van der Waals surface area contributed by atoms with Gasteiger partial charge in [0, 0.05) is 0 Å². The van der Waals surface area contributed by atoms with Crippen LogP contribution in [0, 0.1) is 5.92 Å². The van der Waals surface area contributed by atoms with E-state index in [1.807, 2.05) is 0 Å². The second-order valence-corrected chi connectivity index (χ2v) is 10.5. The minimum atomic E-state index is -0.667. The van der Waals surface area contributed by atoms with Gasteiger partial charge in [-0.2, -0.15) is 0 Å². The second kappa shape index (κ2) is 2.98. The first-order valence-electron chi connectivity index (χ1n) is 5.64. The van der Waals surface area contributed by atoms with E-state index in [1.165, 1.54) is 24.2 Å². The first-order valence-corrected chi connectivity index (χ1v) is 8.51. The van der Waals surface area contributed by atoms with E-state index in [2.05, 4.69) is 20.5 Å². The molecule has 1 saturated carbocycles. The van der Waals surface area contributed by atoms with Gasteiger partial charge in [0.25, 0.3) is 0 Å². The van der Waals surface area contributed by atoms with Crippen LogP contribution in [0.1, 0.15) is 39.5 Å². The normalized spacial score (nSPS) is 37.2. The van der Waals surface area contributed by atoms with Gasteiger partial charge >= 0.3 is 76.9 Å². The summed E-state index contributed by atoms with van der Waals surface area (Å²) in [7, 11) is -0.667. The molecule has 2 aliphatic rings. The van der Waals surface area contributed by atoms with Crippen LogP contribution in [0.3, 0.4) is 0 Å². The number of hydrogen-bond acceptors (Lipinski definition) is 0. The van der Waals surface area contributed by atoms with Gasteiger partial charge in [0.1, 0.15) is 0 Å². The topological polar surface area (TPSA) is 0 Å². The average Bonchev–Trinajstić information content (AvgIpc) is 2.52. The molecule has 72 valence electrons. The van der Waals surface area contributed by atoms with E-state index in [9.17, 15) is 0 Å². The summed E-state index contributed by atoms with van der Waals surface area (Å²) >= 11 is 0. The van der Waals surface area contributed by atoms with Crippen molar-refractivity contribution in [3.05, 3.63) is 0 Å². The van der Waals surface area contributed by atoms with Crippen LogP contribution in [0.4, 0.5) is 0 Å². The summed E-state index contributed by atoms with van der Waals surface area (Å²) in [4.78, 5) is 0. The molecule has 1 aliphatic carbocycles. The molecule has 1 heterocycles. The summed E-state index contributed by atoms with van der Waals surface area (Å²) in [6, 6.07) is 0. The molecule has 2 fully saturated rings. The fourth-order valence-corrected chi connectivity index (χ4v) is 9.92. The van der Waals surface area contributed by atoms with E-state index in [-0.39, 0.29) is 0 Å². The van der Waals surface area contributed by atoms with Crippen molar-refractivity contribution in [2.45, 2.75) is 50.8 Å². The summed E-state index contributed by atoms with van der Waals surface area (Å²) in [5.41, 5.74) is 2.42. The van der Waals surface area contributed by atoms with Crippen LogP contribution in [0.2, 0.25) is 0 Å². The molecular weight excluding hydrogens is 163 g/mol. The van der Waals surface area contributed by atoms with Crippen molar-refractivity contribution in [2.75, 3.05) is 12.8 Å². The predicted octanol–water partition coefficient (Wildman–Crippen LogP) is 3.35. The Kier molecular flexibility index (Phi) is 2.24. The Hall–Kier alpha value is 0.430. The summed E-state index contributed by atoms with van der Waals surface area (Å²) in [6.45, 7) is 7.53. The van der Waals surface area contributed by atoms with Crippen LogP contribution in [0.25, 0.3) is 0 Å². The molecule has 0 nitrogen and oxygen atoms in total. The molecule has 1 atom stereocenters. The fraction of sp³-hybridized carbons (Fsp3) is 1.00. The van der Waals surface area contributed by atoms with Crippen LogP contribution >= 0.6 is 7.26 Å². The van der Waals surface area contributed by atoms with Gasteiger partial charge < -0.3 is 0 Å². The first kappa shape index (κ1) is 9.00. The van der Waals surface area contributed by atoms with Crippen LogP contribution in [-0.4, -0.2) is 24.1 Å². The van der Waals surface area contributed by atoms with Gasteiger partial charge in [-0.05, 0) is 0 Å². The molecular formula is C11H23P. The molecule has 1 heteroatoms. The van der Waals surface area contributed by atoms with Crippen LogP contribution in [-0.2, 0) is 0 Å². The Balaban J connectivity index is 1.96. The third kappa shape index (κ3) is 1.33. The van der Waals surface area contributed by atoms with Crippen LogP contribution in [0.5, 0.6) is 0 Å². The van der Waals surface area contributed by atoms with Crippen molar-refractivity contribution in [3.8, 4) is 0 Å². The van der Waals surface area contributed by atoms with E-state index in [1.54, 1.807) is 19.0 Å². The van der Waals surface area contributed by atoms with Gasteiger partial charge in [0.2, 0.25) is 0 Å². The molecule has 1 unspecified atom stereocenters. The van der Waals surface area contributed by atoms with Gasteiger partial charge in [-0.1, -0.05) is 0 Å². The first-order chi connectivity index (χ1) is 5.64. The molecule has 12 heavy (non-hydrogen) atoms. The Morgan fingerprint density at radius 3 is 2.17 bits per heavy atom. The molecule has 0 spiro atoms. The van der Waals surface area contributed by atoms with Gasteiger partial charge in [0.15, 0.2) is 0 Å². The van der Waals surface area contributed by atoms with Gasteiger partial charge in [0.05, 0.1) is 0 Å². The number of hydrogen-bond donors (Lipinski definition) is 0. The minimum absolute atomic E-state index is 0.667. The molecule has 1 aliphatic heterocycles. The third-order valence-electron chi connectivity index (χ3n) is 4.44. The Labute approximate surface area is 77.5 Å². The quantitative estimate of drug-likeness (QED) is 0.580. The van der Waals surface area contributed by atoms with Crippen molar-refractivity contribution in [1.29, 1.82) is 0 Å². The number of rotatable bonds is 2. The maximum absolute atomic E-state index is 2.67. The zero-order valence-corrected chi connectivity index (χ0v) is 9.77. The molecule has 0 amide bonds. The SMILES string of the molecule is CC(C)C1C[PH]1(C)C1CCCC1. The van der Waals surface area contributed by atoms with E-state index in [0.29, 0.717) is 0 Å². The van der Waals surface area contributed by atoms with Gasteiger partial charge in [-0.3, -0.25) is 0 Å². The summed E-state index contributed by atoms with van der Waals surface area (Å²) in [6.07, 6.45) is 7.92. The van der Waals surface area contributed by atoms with E-state index in [0.717, 1.165) is 5.92 Å². The third-order valence-corrected chi connectivity index (χ3v) is 10.2.